The summed E-state index contributed by atoms with van der Waals surface area (Å²) in [4.78, 5) is 9.24. The van der Waals surface area contributed by atoms with Crippen molar-refractivity contribution in [1.82, 2.24) is 15.6 Å². The number of rotatable bonds is 7. The van der Waals surface area contributed by atoms with Gasteiger partial charge in [0.1, 0.15) is 5.75 Å². The smallest absolute Gasteiger partial charge is 0.191 e. The zero-order chi connectivity index (χ0) is 19.8. The van der Waals surface area contributed by atoms with Gasteiger partial charge in [0.2, 0.25) is 0 Å². The monoisotopic (exact) mass is 376 g/mol. The molecule has 1 aromatic heterocycles. The second-order valence-electron chi connectivity index (χ2n) is 6.65. The van der Waals surface area contributed by atoms with E-state index in [1.807, 2.05) is 24.4 Å². The van der Waals surface area contributed by atoms with Gasteiger partial charge in [0.15, 0.2) is 5.96 Å². The molecule has 3 aromatic rings. The highest BCUT2D eigenvalue weighted by atomic mass is 16.5. The Hall–Kier alpha value is -3.08. The van der Waals surface area contributed by atoms with E-state index < -0.39 is 0 Å². The summed E-state index contributed by atoms with van der Waals surface area (Å²) in [5, 5.41) is 9.05. The lowest BCUT2D eigenvalue weighted by molar-refractivity contribution is 0.411. The zero-order valence-corrected chi connectivity index (χ0v) is 16.8. The zero-order valence-electron chi connectivity index (χ0n) is 16.8. The van der Waals surface area contributed by atoms with Gasteiger partial charge >= 0.3 is 0 Å². The van der Waals surface area contributed by atoms with Crippen molar-refractivity contribution in [3.8, 4) is 5.75 Å². The number of nitrogens with one attached hydrogen (secondary N) is 2. The lowest BCUT2D eigenvalue weighted by Crippen LogP contribution is -2.38. The molecule has 0 aliphatic carbocycles. The predicted octanol–water partition coefficient (Wildman–Crippen LogP) is 3.85. The third-order valence-electron chi connectivity index (χ3n) is 4.67. The summed E-state index contributed by atoms with van der Waals surface area (Å²) < 4.78 is 5.41. The maximum absolute atomic E-state index is 5.41. The van der Waals surface area contributed by atoms with Crippen LogP contribution in [0.3, 0.4) is 0 Å². The largest absolute Gasteiger partial charge is 0.496 e. The van der Waals surface area contributed by atoms with Crippen LogP contribution in [-0.2, 0) is 13.0 Å². The van der Waals surface area contributed by atoms with Gasteiger partial charge in [-0.05, 0) is 48.9 Å². The Morgan fingerprint density at radius 3 is 2.79 bits per heavy atom. The van der Waals surface area contributed by atoms with E-state index in [4.69, 9.17) is 9.73 Å². The van der Waals surface area contributed by atoms with Crippen LogP contribution in [0.15, 0.2) is 59.7 Å². The normalized spacial score (nSPS) is 11.5. The summed E-state index contributed by atoms with van der Waals surface area (Å²) in [6, 6.07) is 16.6. The van der Waals surface area contributed by atoms with Gasteiger partial charge in [0, 0.05) is 24.7 Å². The topological polar surface area (TPSA) is 58.5 Å². The summed E-state index contributed by atoms with van der Waals surface area (Å²) in [7, 11) is 1.71. The molecule has 5 heteroatoms. The molecule has 146 valence electrons. The predicted molar refractivity (Wildman–Crippen MR) is 116 cm³/mol. The Kier molecular flexibility index (Phi) is 6.84. The van der Waals surface area contributed by atoms with Gasteiger partial charge in [-0.25, -0.2) is 4.99 Å². The number of pyridine rings is 1. The lowest BCUT2D eigenvalue weighted by Gasteiger charge is -2.12. The quantitative estimate of drug-likeness (QED) is 0.486. The second-order valence-corrected chi connectivity index (χ2v) is 6.65. The number of aliphatic imine (C=N–C) groups is 1. The summed E-state index contributed by atoms with van der Waals surface area (Å²) in [6.45, 7) is 6.26. The highest BCUT2D eigenvalue weighted by Gasteiger charge is 2.04. The highest BCUT2D eigenvalue weighted by molar-refractivity contribution is 5.85. The van der Waals surface area contributed by atoms with E-state index in [-0.39, 0.29) is 0 Å². The molecule has 3 rings (SSSR count). The molecule has 28 heavy (non-hydrogen) atoms. The number of fused-ring (bicyclic) bond motifs is 1. The van der Waals surface area contributed by atoms with Crippen LogP contribution in [-0.4, -0.2) is 31.1 Å². The van der Waals surface area contributed by atoms with Crippen molar-refractivity contribution in [2.45, 2.75) is 26.8 Å². The standard InChI is InChI=1S/C23H28N4O/c1-4-24-23(26-13-11-18-10-9-17(2)22(15-18)28-3)27-16-21-20-8-6-5-7-19(20)12-14-25-21/h5-10,12,14-15H,4,11,13,16H2,1-3H3,(H2,24,26,27). The van der Waals surface area contributed by atoms with Crippen molar-refractivity contribution in [2.75, 3.05) is 20.2 Å². The van der Waals surface area contributed by atoms with Gasteiger partial charge in [0.25, 0.3) is 0 Å². The minimum absolute atomic E-state index is 0.537. The Morgan fingerprint density at radius 1 is 1.11 bits per heavy atom. The number of aryl methyl sites for hydroxylation is 1. The molecule has 0 atom stereocenters. The maximum Gasteiger partial charge on any atom is 0.191 e. The van der Waals surface area contributed by atoms with E-state index in [1.54, 1.807) is 7.11 Å². The van der Waals surface area contributed by atoms with Gasteiger partial charge < -0.3 is 15.4 Å². The van der Waals surface area contributed by atoms with E-state index in [9.17, 15) is 0 Å². The first-order valence-corrected chi connectivity index (χ1v) is 9.69. The maximum atomic E-state index is 5.41. The second kappa shape index (κ2) is 9.74. The Bertz CT molecular complexity index is 947. The third kappa shape index (κ3) is 5.00. The molecular formula is C23H28N4O. The molecule has 0 fully saturated rings. The van der Waals surface area contributed by atoms with Gasteiger partial charge in [-0.2, -0.15) is 0 Å². The van der Waals surface area contributed by atoms with E-state index >= 15 is 0 Å². The molecule has 0 amide bonds. The van der Waals surface area contributed by atoms with Crippen molar-refractivity contribution in [3.05, 3.63) is 71.5 Å². The summed E-state index contributed by atoms with van der Waals surface area (Å²) in [5.74, 6) is 1.73. The fourth-order valence-electron chi connectivity index (χ4n) is 3.15. The number of hydrogen-bond acceptors (Lipinski definition) is 3. The highest BCUT2D eigenvalue weighted by Crippen LogP contribution is 2.19. The van der Waals surface area contributed by atoms with E-state index in [2.05, 4.69) is 59.8 Å². The molecule has 0 bridgehead atoms. The van der Waals surface area contributed by atoms with Crippen LogP contribution in [0.5, 0.6) is 5.75 Å². The molecule has 0 unspecified atom stereocenters. The van der Waals surface area contributed by atoms with Crippen molar-refractivity contribution < 1.29 is 4.74 Å². The van der Waals surface area contributed by atoms with Crippen LogP contribution >= 0.6 is 0 Å². The van der Waals surface area contributed by atoms with Crippen molar-refractivity contribution >= 4 is 16.7 Å². The molecule has 0 saturated carbocycles. The van der Waals surface area contributed by atoms with Crippen LogP contribution in [0.2, 0.25) is 0 Å². The number of guanidine groups is 1. The van der Waals surface area contributed by atoms with Crippen LogP contribution in [0.1, 0.15) is 23.7 Å². The minimum atomic E-state index is 0.537. The van der Waals surface area contributed by atoms with Gasteiger partial charge in [-0.15, -0.1) is 0 Å². The molecule has 2 aromatic carbocycles. The van der Waals surface area contributed by atoms with Gasteiger partial charge in [-0.1, -0.05) is 36.4 Å². The molecular weight excluding hydrogens is 348 g/mol. The molecule has 5 nitrogen and oxygen atoms in total. The Balaban J connectivity index is 1.64. The average Bonchev–Trinajstić information content (AvgIpc) is 2.73. The molecule has 0 aliphatic rings. The van der Waals surface area contributed by atoms with Crippen LogP contribution < -0.4 is 15.4 Å². The Labute approximate surface area is 166 Å². The van der Waals surface area contributed by atoms with Crippen LogP contribution in [0, 0.1) is 6.92 Å². The molecule has 0 radical (unpaired) electrons. The van der Waals surface area contributed by atoms with Crippen molar-refractivity contribution in [1.29, 1.82) is 0 Å². The molecule has 2 N–H and O–H groups in total. The summed E-state index contributed by atoms with van der Waals surface area (Å²) in [6.07, 6.45) is 2.74. The molecule has 0 spiro atoms. The fraction of sp³-hybridized carbons (Fsp3) is 0.304. The minimum Gasteiger partial charge on any atom is -0.496 e. The first kappa shape index (κ1) is 19.7. The first-order chi connectivity index (χ1) is 13.7. The number of benzene rings is 2. The number of methoxy groups -OCH3 is 1. The number of ether oxygens (including phenoxy) is 1. The Morgan fingerprint density at radius 2 is 1.96 bits per heavy atom. The van der Waals surface area contributed by atoms with Gasteiger partial charge in [-0.3, -0.25) is 4.98 Å². The summed E-state index contributed by atoms with van der Waals surface area (Å²) >= 11 is 0. The van der Waals surface area contributed by atoms with Crippen LogP contribution in [0.25, 0.3) is 10.8 Å². The number of nitrogens with zero attached hydrogens (tertiary/aromatic N) is 2. The molecule has 0 saturated heterocycles. The first-order valence-electron chi connectivity index (χ1n) is 9.69. The number of aromatic nitrogens is 1. The van der Waals surface area contributed by atoms with E-state index in [0.717, 1.165) is 47.9 Å². The molecule has 1 heterocycles. The fourth-order valence-corrected chi connectivity index (χ4v) is 3.15. The molecule has 0 aliphatic heterocycles. The van der Waals surface area contributed by atoms with E-state index in [0.29, 0.717) is 6.54 Å². The SMILES string of the molecule is CCNC(=NCc1nccc2ccccc12)NCCc1ccc(C)c(OC)c1. The van der Waals surface area contributed by atoms with Gasteiger partial charge in [0.05, 0.1) is 19.3 Å². The van der Waals surface area contributed by atoms with Crippen LogP contribution in [0.4, 0.5) is 0 Å². The van der Waals surface area contributed by atoms with Crippen molar-refractivity contribution in [3.63, 3.8) is 0 Å². The summed E-state index contributed by atoms with van der Waals surface area (Å²) in [5.41, 5.74) is 3.37. The lowest BCUT2D eigenvalue weighted by atomic mass is 10.1. The average molecular weight is 377 g/mol. The number of hydrogen-bond donors (Lipinski definition) is 2. The van der Waals surface area contributed by atoms with E-state index in [1.165, 1.54) is 10.9 Å². The van der Waals surface area contributed by atoms with Crippen molar-refractivity contribution in [2.24, 2.45) is 4.99 Å². The third-order valence-corrected chi connectivity index (χ3v) is 4.67.